The van der Waals surface area contributed by atoms with Crippen LogP contribution in [0.15, 0.2) is 95.9 Å². The predicted molar refractivity (Wildman–Crippen MR) is 102 cm³/mol. The number of aliphatic hydroxyl groups is 1. The SMILES string of the molecule is O=S(=O)(c1ccccc1)[C@H](Oc1ccccc1)[C@@H](O)COc1ccccc1. The second-order valence-corrected chi connectivity index (χ2v) is 7.87. The third kappa shape index (κ3) is 4.87. The van der Waals surface area contributed by atoms with Crippen LogP contribution in [0.2, 0.25) is 0 Å². The van der Waals surface area contributed by atoms with Crippen LogP contribution in [0.5, 0.6) is 11.5 Å². The average Bonchev–Trinajstić information content (AvgIpc) is 2.72. The lowest BCUT2D eigenvalue weighted by Gasteiger charge is -2.24. The molecule has 0 aliphatic carbocycles. The minimum Gasteiger partial charge on any atom is -0.491 e. The summed E-state index contributed by atoms with van der Waals surface area (Å²) in [5.41, 5.74) is -1.51. The normalized spacial score (nSPS) is 13.5. The third-order valence-corrected chi connectivity index (χ3v) is 5.80. The minimum absolute atomic E-state index is 0.0738. The van der Waals surface area contributed by atoms with Crippen molar-refractivity contribution in [1.82, 2.24) is 0 Å². The molecule has 0 aliphatic rings. The van der Waals surface area contributed by atoms with E-state index in [0.29, 0.717) is 11.5 Å². The molecule has 0 radical (unpaired) electrons. The van der Waals surface area contributed by atoms with E-state index in [0.717, 1.165) is 0 Å². The number of hydrogen-bond acceptors (Lipinski definition) is 5. The number of sulfone groups is 1. The monoisotopic (exact) mass is 384 g/mol. The molecule has 3 aromatic carbocycles. The number of aliphatic hydroxyl groups excluding tert-OH is 1. The van der Waals surface area contributed by atoms with Crippen molar-refractivity contribution in [3.8, 4) is 11.5 Å². The van der Waals surface area contributed by atoms with Crippen molar-refractivity contribution in [1.29, 1.82) is 0 Å². The number of ether oxygens (including phenoxy) is 2. The summed E-state index contributed by atoms with van der Waals surface area (Å²) in [6.07, 6.45) is -1.39. The summed E-state index contributed by atoms with van der Waals surface area (Å²) >= 11 is 0. The van der Waals surface area contributed by atoms with Crippen LogP contribution in [-0.4, -0.2) is 31.7 Å². The van der Waals surface area contributed by atoms with Crippen LogP contribution < -0.4 is 9.47 Å². The number of benzene rings is 3. The first-order valence-electron chi connectivity index (χ1n) is 8.44. The minimum atomic E-state index is -3.96. The molecule has 27 heavy (non-hydrogen) atoms. The highest BCUT2D eigenvalue weighted by Gasteiger charge is 2.36. The zero-order chi connectivity index (χ0) is 19.1. The summed E-state index contributed by atoms with van der Waals surface area (Å²) in [7, 11) is -3.96. The average molecular weight is 384 g/mol. The Bertz CT molecular complexity index is 928. The van der Waals surface area contributed by atoms with Gasteiger partial charge in [0.1, 0.15) is 24.2 Å². The Labute approximate surface area is 158 Å². The van der Waals surface area contributed by atoms with Crippen LogP contribution >= 0.6 is 0 Å². The van der Waals surface area contributed by atoms with Crippen LogP contribution in [0.3, 0.4) is 0 Å². The van der Waals surface area contributed by atoms with Crippen molar-refractivity contribution in [2.24, 2.45) is 0 Å². The zero-order valence-electron chi connectivity index (χ0n) is 14.5. The number of para-hydroxylation sites is 2. The molecule has 0 spiro atoms. The molecule has 1 N–H and O–H groups in total. The van der Waals surface area contributed by atoms with E-state index in [9.17, 15) is 13.5 Å². The molecule has 140 valence electrons. The Kier molecular flexibility index (Phi) is 6.11. The fraction of sp³-hybridized carbons (Fsp3) is 0.143. The van der Waals surface area contributed by atoms with Crippen LogP contribution in [0.4, 0.5) is 0 Å². The molecule has 6 heteroatoms. The van der Waals surface area contributed by atoms with Crippen molar-refractivity contribution in [3.63, 3.8) is 0 Å². The number of rotatable bonds is 8. The summed E-state index contributed by atoms with van der Waals surface area (Å²) in [4.78, 5) is 0.0738. The Morgan fingerprint density at radius 1 is 0.741 bits per heavy atom. The van der Waals surface area contributed by atoms with Crippen LogP contribution in [0.1, 0.15) is 0 Å². The van der Waals surface area contributed by atoms with Gasteiger partial charge in [0, 0.05) is 0 Å². The van der Waals surface area contributed by atoms with Gasteiger partial charge in [-0.15, -0.1) is 0 Å². The molecule has 0 amide bonds. The van der Waals surface area contributed by atoms with E-state index in [-0.39, 0.29) is 11.5 Å². The lowest BCUT2D eigenvalue weighted by Crippen LogP contribution is -2.42. The molecule has 0 heterocycles. The van der Waals surface area contributed by atoms with Gasteiger partial charge in [-0.25, -0.2) is 8.42 Å². The van der Waals surface area contributed by atoms with E-state index in [1.165, 1.54) is 12.1 Å². The second kappa shape index (κ2) is 8.70. The van der Waals surface area contributed by atoms with Gasteiger partial charge in [0.15, 0.2) is 0 Å². The highest BCUT2D eigenvalue weighted by molar-refractivity contribution is 7.92. The summed E-state index contributed by atoms with van der Waals surface area (Å²) in [5, 5.41) is 10.6. The largest absolute Gasteiger partial charge is 0.491 e. The van der Waals surface area contributed by atoms with E-state index in [1.807, 2.05) is 6.07 Å². The first-order valence-corrected chi connectivity index (χ1v) is 9.98. The Balaban J connectivity index is 1.85. The molecule has 5 nitrogen and oxygen atoms in total. The van der Waals surface area contributed by atoms with Gasteiger partial charge >= 0.3 is 0 Å². The summed E-state index contributed by atoms with van der Waals surface area (Å²) < 4.78 is 37.3. The molecular weight excluding hydrogens is 364 g/mol. The lowest BCUT2D eigenvalue weighted by atomic mass is 10.3. The van der Waals surface area contributed by atoms with Gasteiger partial charge in [-0.3, -0.25) is 0 Å². The van der Waals surface area contributed by atoms with Crippen molar-refractivity contribution in [2.75, 3.05) is 6.61 Å². The standard InChI is InChI=1S/C21H20O5S/c22-20(16-25-17-10-4-1-5-11-17)21(26-18-12-6-2-7-13-18)27(23,24)19-14-8-3-9-15-19/h1-15,20-22H,16H2/t20-,21-/m0/s1. The molecule has 0 saturated heterocycles. The maximum Gasteiger partial charge on any atom is 0.232 e. The first-order chi connectivity index (χ1) is 13.1. The third-order valence-electron chi connectivity index (χ3n) is 3.85. The second-order valence-electron chi connectivity index (χ2n) is 5.85. The van der Waals surface area contributed by atoms with Crippen LogP contribution in [0, 0.1) is 0 Å². The van der Waals surface area contributed by atoms with Crippen molar-refractivity contribution < 1.29 is 23.0 Å². The van der Waals surface area contributed by atoms with Crippen molar-refractivity contribution >= 4 is 9.84 Å². The lowest BCUT2D eigenvalue weighted by molar-refractivity contribution is 0.0425. The van der Waals surface area contributed by atoms with E-state index >= 15 is 0 Å². The Morgan fingerprint density at radius 3 is 1.78 bits per heavy atom. The summed E-state index contributed by atoms with van der Waals surface area (Å²) in [6.45, 7) is -0.229. The van der Waals surface area contributed by atoms with Gasteiger partial charge in [-0.2, -0.15) is 0 Å². The first kappa shape index (κ1) is 18.9. The molecule has 2 atom stereocenters. The molecule has 3 rings (SSSR count). The van der Waals surface area contributed by atoms with Gasteiger partial charge < -0.3 is 14.6 Å². The number of hydrogen-bond donors (Lipinski definition) is 1. The molecule has 0 saturated carbocycles. The van der Waals surface area contributed by atoms with Gasteiger partial charge in [-0.1, -0.05) is 54.6 Å². The molecule has 3 aromatic rings. The van der Waals surface area contributed by atoms with E-state index in [1.54, 1.807) is 72.8 Å². The van der Waals surface area contributed by atoms with Crippen LogP contribution in [-0.2, 0) is 9.84 Å². The predicted octanol–water partition coefficient (Wildman–Crippen LogP) is 3.31. The zero-order valence-corrected chi connectivity index (χ0v) is 15.3. The highest BCUT2D eigenvalue weighted by atomic mass is 32.2. The Hall–Kier alpha value is -2.83. The molecule has 0 fully saturated rings. The quantitative estimate of drug-likeness (QED) is 0.645. The Morgan fingerprint density at radius 2 is 1.22 bits per heavy atom. The molecule has 0 unspecified atom stereocenters. The van der Waals surface area contributed by atoms with Crippen molar-refractivity contribution in [2.45, 2.75) is 16.4 Å². The fourth-order valence-electron chi connectivity index (χ4n) is 2.50. The molecule has 0 aromatic heterocycles. The smallest absolute Gasteiger partial charge is 0.232 e. The van der Waals surface area contributed by atoms with Gasteiger partial charge in [0.05, 0.1) is 4.90 Å². The van der Waals surface area contributed by atoms with E-state index < -0.39 is 21.4 Å². The van der Waals surface area contributed by atoms with Crippen LogP contribution in [0.25, 0.3) is 0 Å². The van der Waals surface area contributed by atoms with Gasteiger partial charge in [-0.05, 0) is 36.4 Å². The van der Waals surface area contributed by atoms with E-state index in [2.05, 4.69) is 0 Å². The topological polar surface area (TPSA) is 72.8 Å². The van der Waals surface area contributed by atoms with Gasteiger partial charge in [0.25, 0.3) is 0 Å². The maximum atomic E-state index is 13.0. The maximum absolute atomic E-state index is 13.0. The highest BCUT2D eigenvalue weighted by Crippen LogP contribution is 2.23. The molecular formula is C21H20O5S. The van der Waals surface area contributed by atoms with Gasteiger partial charge in [0.2, 0.25) is 15.3 Å². The van der Waals surface area contributed by atoms with E-state index in [4.69, 9.17) is 9.47 Å². The summed E-state index contributed by atoms with van der Waals surface area (Å²) in [5.74, 6) is 0.882. The fourth-order valence-corrected chi connectivity index (χ4v) is 4.04. The molecule has 0 aliphatic heterocycles. The summed E-state index contributed by atoms with van der Waals surface area (Å²) in [6, 6.07) is 25.3. The molecule has 0 bridgehead atoms. The van der Waals surface area contributed by atoms with Crippen molar-refractivity contribution in [3.05, 3.63) is 91.0 Å².